The standard InChI is InChI=1S/C18H12N2O3/c1-23-12-7-8-15-13(9-12)16(18(22)20-15)14(10-19)17(21)11-5-3-2-4-6-11/h2-9H,1H3,(H,20,22)/b16-14-. The maximum atomic E-state index is 12.6. The van der Waals surface area contributed by atoms with E-state index in [1.807, 2.05) is 6.07 Å². The van der Waals surface area contributed by atoms with E-state index in [0.717, 1.165) is 0 Å². The van der Waals surface area contributed by atoms with Gasteiger partial charge in [0.2, 0.25) is 5.78 Å². The fourth-order valence-electron chi connectivity index (χ4n) is 2.48. The Morgan fingerprint density at radius 2 is 1.91 bits per heavy atom. The van der Waals surface area contributed by atoms with Crippen molar-refractivity contribution in [2.75, 3.05) is 12.4 Å². The average Bonchev–Trinajstić information content (AvgIpc) is 2.91. The SMILES string of the molecule is COc1ccc2c(c1)/C(=C(\C#N)C(=O)c1ccccc1)C(=O)N2. The van der Waals surface area contributed by atoms with Gasteiger partial charge in [-0.3, -0.25) is 9.59 Å². The first-order valence-corrected chi connectivity index (χ1v) is 6.89. The molecular formula is C18H12N2O3. The first-order valence-electron chi connectivity index (χ1n) is 6.89. The second-order valence-electron chi connectivity index (χ2n) is 4.92. The summed E-state index contributed by atoms with van der Waals surface area (Å²) in [5, 5.41) is 12.1. The van der Waals surface area contributed by atoms with Crippen molar-refractivity contribution in [1.29, 1.82) is 5.26 Å². The summed E-state index contributed by atoms with van der Waals surface area (Å²) in [4.78, 5) is 24.8. The van der Waals surface area contributed by atoms with Gasteiger partial charge in [0, 0.05) is 16.8 Å². The van der Waals surface area contributed by atoms with Crippen LogP contribution in [-0.4, -0.2) is 18.8 Å². The van der Waals surface area contributed by atoms with Crippen LogP contribution in [0, 0.1) is 11.3 Å². The molecule has 1 aliphatic heterocycles. The zero-order valence-electron chi connectivity index (χ0n) is 12.3. The van der Waals surface area contributed by atoms with E-state index in [1.54, 1.807) is 48.5 Å². The Morgan fingerprint density at radius 1 is 1.17 bits per heavy atom. The predicted molar refractivity (Wildman–Crippen MR) is 84.9 cm³/mol. The molecule has 0 fully saturated rings. The van der Waals surface area contributed by atoms with Crippen molar-refractivity contribution in [3.63, 3.8) is 0 Å². The van der Waals surface area contributed by atoms with Gasteiger partial charge in [-0.05, 0) is 18.2 Å². The summed E-state index contributed by atoms with van der Waals surface area (Å²) in [5.41, 5.74) is 1.31. The Bertz CT molecular complexity index is 877. The third-order valence-electron chi connectivity index (χ3n) is 3.60. The lowest BCUT2D eigenvalue weighted by atomic mass is 9.95. The van der Waals surface area contributed by atoms with Crippen LogP contribution in [0.5, 0.6) is 5.75 Å². The van der Waals surface area contributed by atoms with Gasteiger partial charge in [0.1, 0.15) is 17.4 Å². The van der Waals surface area contributed by atoms with Crippen molar-refractivity contribution in [1.82, 2.24) is 0 Å². The number of methoxy groups -OCH3 is 1. The Kier molecular flexibility index (Phi) is 3.65. The molecule has 1 amide bonds. The molecule has 1 aliphatic rings. The zero-order valence-corrected chi connectivity index (χ0v) is 12.3. The molecule has 0 aromatic heterocycles. The highest BCUT2D eigenvalue weighted by Crippen LogP contribution is 2.36. The van der Waals surface area contributed by atoms with Crippen LogP contribution >= 0.6 is 0 Å². The highest BCUT2D eigenvalue weighted by molar-refractivity contribution is 6.37. The third kappa shape index (κ3) is 2.47. The van der Waals surface area contributed by atoms with E-state index in [-0.39, 0.29) is 11.1 Å². The number of nitrogens with zero attached hydrogens (tertiary/aromatic N) is 1. The lowest BCUT2D eigenvalue weighted by Crippen LogP contribution is -2.11. The number of rotatable bonds is 3. The van der Waals surface area contributed by atoms with Crippen molar-refractivity contribution < 1.29 is 14.3 Å². The average molecular weight is 304 g/mol. The van der Waals surface area contributed by atoms with E-state index in [0.29, 0.717) is 22.6 Å². The molecule has 0 saturated heterocycles. The minimum Gasteiger partial charge on any atom is -0.497 e. The Hall–Kier alpha value is -3.39. The molecule has 2 aromatic rings. The number of nitriles is 1. The summed E-state index contributed by atoms with van der Waals surface area (Å²) in [7, 11) is 1.51. The van der Waals surface area contributed by atoms with Gasteiger partial charge in [0.15, 0.2) is 0 Å². The van der Waals surface area contributed by atoms with Crippen molar-refractivity contribution in [2.24, 2.45) is 0 Å². The van der Waals surface area contributed by atoms with Crippen molar-refractivity contribution >= 4 is 23.0 Å². The van der Waals surface area contributed by atoms with Crippen LogP contribution in [0.4, 0.5) is 5.69 Å². The van der Waals surface area contributed by atoms with E-state index in [9.17, 15) is 14.9 Å². The molecular weight excluding hydrogens is 292 g/mol. The molecule has 0 saturated carbocycles. The molecule has 112 valence electrons. The summed E-state index contributed by atoms with van der Waals surface area (Å²) < 4.78 is 5.15. The summed E-state index contributed by atoms with van der Waals surface area (Å²) in [6.07, 6.45) is 0. The summed E-state index contributed by atoms with van der Waals surface area (Å²) in [6, 6.07) is 15.3. The fraction of sp³-hybridized carbons (Fsp3) is 0.0556. The lowest BCUT2D eigenvalue weighted by molar-refractivity contribution is -0.110. The minimum atomic E-state index is -0.478. The highest BCUT2D eigenvalue weighted by Gasteiger charge is 2.31. The second-order valence-corrected chi connectivity index (χ2v) is 4.92. The molecule has 0 unspecified atom stereocenters. The number of carbonyl (C=O) groups is 2. The second kappa shape index (κ2) is 5.78. The molecule has 5 nitrogen and oxygen atoms in total. The maximum absolute atomic E-state index is 12.6. The van der Waals surface area contributed by atoms with Crippen LogP contribution < -0.4 is 10.1 Å². The van der Waals surface area contributed by atoms with Crippen LogP contribution in [0.1, 0.15) is 15.9 Å². The molecule has 0 spiro atoms. The molecule has 3 rings (SSSR count). The number of ketones is 1. The monoisotopic (exact) mass is 304 g/mol. The molecule has 0 atom stereocenters. The van der Waals surface area contributed by atoms with E-state index in [1.165, 1.54) is 7.11 Å². The normalized spacial score (nSPS) is 14.5. The topological polar surface area (TPSA) is 79.2 Å². The number of hydrogen-bond donors (Lipinski definition) is 1. The number of amides is 1. The van der Waals surface area contributed by atoms with Crippen LogP contribution in [0.25, 0.3) is 5.57 Å². The number of Topliss-reactive ketones (excluding diaryl/α,β-unsaturated/α-hetero) is 1. The molecule has 0 bridgehead atoms. The first-order chi connectivity index (χ1) is 11.2. The van der Waals surface area contributed by atoms with Crippen molar-refractivity contribution in [2.45, 2.75) is 0 Å². The number of hydrogen-bond acceptors (Lipinski definition) is 4. The quantitative estimate of drug-likeness (QED) is 0.537. The number of carbonyl (C=O) groups excluding carboxylic acids is 2. The molecule has 5 heteroatoms. The maximum Gasteiger partial charge on any atom is 0.257 e. The van der Waals surface area contributed by atoms with E-state index in [2.05, 4.69) is 5.32 Å². The smallest absolute Gasteiger partial charge is 0.257 e. The lowest BCUT2D eigenvalue weighted by Gasteiger charge is -2.05. The molecule has 23 heavy (non-hydrogen) atoms. The van der Waals surface area contributed by atoms with Gasteiger partial charge in [-0.25, -0.2) is 0 Å². The number of ether oxygens (including phenoxy) is 1. The summed E-state index contributed by atoms with van der Waals surface area (Å²) in [6.45, 7) is 0. The molecule has 0 radical (unpaired) electrons. The number of benzene rings is 2. The van der Waals surface area contributed by atoms with Gasteiger partial charge >= 0.3 is 0 Å². The summed E-state index contributed by atoms with van der Waals surface area (Å²) >= 11 is 0. The molecule has 1 heterocycles. The van der Waals surface area contributed by atoms with Crippen LogP contribution in [0.2, 0.25) is 0 Å². The fourth-order valence-corrected chi connectivity index (χ4v) is 2.48. The van der Waals surface area contributed by atoms with E-state index in [4.69, 9.17) is 4.74 Å². The molecule has 0 aliphatic carbocycles. The van der Waals surface area contributed by atoms with Gasteiger partial charge in [-0.1, -0.05) is 30.3 Å². The third-order valence-corrected chi connectivity index (χ3v) is 3.60. The van der Waals surface area contributed by atoms with Gasteiger partial charge in [-0.15, -0.1) is 0 Å². The Labute approximate surface area is 132 Å². The Morgan fingerprint density at radius 3 is 2.57 bits per heavy atom. The Balaban J connectivity index is 2.18. The highest BCUT2D eigenvalue weighted by atomic mass is 16.5. The predicted octanol–water partition coefficient (Wildman–Crippen LogP) is 2.81. The zero-order chi connectivity index (χ0) is 16.4. The number of fused-ring (bicyclic) bond motifs is 1. The van der Waals surface area contributed by atoms with Gasteiger partial charge in [0.05, 0.1) is 12.7 Å². The van der Waals surface area contributed by atoms with E-state index >= 15 is 0 Å². The van der Waals surface area contributed by atoms with Crippen LogP contribution in [0.15, 0.2) is 54.1 Å². The van der Waals surface area contributed by atoms with Gasteiger partial charge < -0.3 is 10.1 Å². The number of allylic oxidation sites excluding steroid dienone is 1. The first kappa shape index (κ1) is 14.5. The van der Waals surface area contributed by atoms with E-state index < -0.39 is 11.7 Å². The van der Waals surface area contributed by atoms with Gasteiger partial charge in [0.25, 0.3) is 5.91 Å². The van der Waals surface area contributed by atoms with Crippen LogP contribution in [0.3, 0.4) is 0 Å². The molecule has 2 aromatic carbocycles. The van der Waals surface area contributed by atoms with Crippen molar-refractivity contribution in [3.05, 3.63) is 65.2 Å². The van der Waals surface area contributed by atoms with Gasteiger partial charge in [-0.2, -0.15) is 5.26 Å². The van der Waals surface area contributed by atoms with Crippen molar-refractivity contribution in [3.8, 4) is 11.8 Å². The number of anilines is 1. The number of nitrogens with one attached hydrogen (secondary N) is 1. The summed E-state index contributed by atoms with van der Waals surface area (Å²) in [5.74, 6) is -0.398. The minimum absolute atomic E-state index is 0.0789. The van der Waals surface area contributed by atoms with Crippen LogP contribution in [-0.2, 0) is 4.79 Å². The largest absolute Gasteiger partial charge is 0.497 e. The molecule has 1 N–H and O–H groups in total.